The molecule has 0 fully saturated rings. The van der Waals surface area contributed by atoms with Crippen LogP contribution in [0.3, 0.4) is 0 Å². The number of hydrogen-bond donors (Lipinski definition) is 1. The fourth-order valence-corrected chi connectivity index (χ4v) is 3.03. The molecule has 1 N–H and O–H groups in total. The molecule has 1 atom stereocenters. The van der Waals surface area contributed by atoms with E-state index >= 15 is 0 Å². The minimum atomic E-state index is -1.37. The van der Waals surface area contributed by atoms with Crippen LogP contribution in [-0.2, 0) is 0 Å². The highest BCUT2D eigenvalue weighted by Crippen LogP contribution is 2.12. The molecule has 0 saturated heterocycles. The van der Waals surface area contributed by atoms with E-state index in [2.05, 4.69) is 28.9 Å². The topological polar surface area (TPSA) is 20.2 Å². The summed E-state index contributed by atoms with van der Waals surface area (Å²) < 4.78 is 0. The number of phenols is 1. The highest BCUT2D eigenvalue weighted by molar-refractivity contribution is 7.27. The van der Waals surface area contributed by atoms with Gasteiger partial charge in [-0.05, 0) is 5.19 Å². The zero-order valence-corrected chi connectivity index (χ0v) is 9.91. The van der Waals surface area contributed by atoms with Gasteiger partial charge in [-0.3, -0.25) is 0 Å². The molecule has 0 radical (unpaired) electrons. The molecule has 0 saturated carbocycles. The van der Waals surface area contributed by atoms with E-state index < -0.39 is 8.07 Å². The summed E-state index contributed by atoms with van der Waals surface area (Å²) in [6.45, 7) is 6.68. The van der Waals surface area contributed by atoms with Gasteiger partial charge in [-0.25, -0.2) is 0 Å². The Labute approximate surface area is 77.0 Å². The second-order valence-corrected chi connectivity index (χ2v) is 9.65. The number of para-hydroxylation sites is 1. The van der Waals surface area contributed by atoms with Crippen LogP contribution in [0.15, 0.2) is 18.2 Å². The zero-order valence-electron chi connectivity index (χ0n) is 7.76. The van der Waals surface area contributed by atoms with Crippen molar-refractivity contribution < 1.29 is 5.11 Å². The number of rotatable bonds is 1. The van der Waals surface area contributed by atoms with Crippen LogP contribution in [0, 0.1) is 0 Å². The van der Waals surface area contributed by atoms with E-state index in [9.17, 15) is 5.11 Å². The van der Waals surface area contributed by atoms with Crippen molar-refractivity contribution in [3.05, 3.63) is 18.2 Å². The number of hydrogen-bond acceptors (Lipinski definition) is 1. The molecule has 0 amide bonds. The summed E-state index contributed by atoms with van der Waals surface area (Å²) in [6, 6.07) is 5.92. The Morgan fingerprint density at radius 1 is 1.25 bits per heavy atom. The molecule has 1 aromatic rings. The van der Waals surface area contributed by atoms with Crippen LogP contribution < -0.4 is 10.5 Å². The van der Waals surface area contributed by atoms with Crippen molar-refractivity contribution in [1.82, 2.24) is 0 Å². The number of aromatic hydroxyl groups is 1. The molecule has 66 valence electrons. The van der Waals surface area contributed by atoms with E-state index in [1.807, 2.05) is 18.2 Å². The molecular weight excluding hydrogens is 183 g/mol. The lowest BCUT2D eigenvalue weighted by Crippen LogP contribution is -2.38. The predicted octanol–water partition coefficient (Wildman–Crippen LogP) is 1.44. The Morgan fingerprint density at radius 3 is 2.25 bits per heavy atom. The maximum absolute atomic E-state index is 9.75. The molecule has 0 aromatic heterocycles. The highest BCUT2D eigenvalue weighted by atomic mass is 31.0. The van der Waals surface area contributed by atoms with Crippen LogP contribution >= 0.6 is 9.24 Å². The van der Waals surface area contributed by atoms with Gasteiger partial charge in [-0.15, -0.1) is 9.24 Å². The predicted molar refractivity (Wildman–Crippen MR) is 60.4 cm³/mol. The third kappa shape index (κ3) is 1.88. The molecule has 3 heteroatoms. The lowest BCUT2D eigenvalue weighted by Gasteiger charge is -2.18. The van der Waals surface area contributed by atoms with Gasteiger partial charge in [0, 0.05) is 5.30 Å². The van der Waals surface area contributed by atoms with Crippen LogP contribution in [0.25, 0.3) is 0 Å². The van der Waals surface area contributed by atoms with Crippen LogP contribution in [0.4, 0.5) is 0 Å². The van der Waals surface area contributed by atoms with Crippen LogP contribution in [0.1, 0.15) is 0 Å². The van der Waals surface area contributed by atoms with Gasteiger partial charge in [-0.2, -0.15) is 0 Å². The molecule has 0 aliphatic heterocycles. The first-order valence-electron chi connectivity index (χ1n) is 4.01. The number of phenolic OH excluding ortho intramolecular Hbond substituents is 1. The maximum atomic E-state index is 9.75. The first kappa shape index (κ1) is 9.75. The van der Waals surface area contributed by atoms with Gasteiger partial charge in [0.25, 0.3) is 0 Å². The second kappa shape index (κ2) is 3.19. The van der Waals surface area contributed by atoms with E-state index in [0.717, 1.165) is 10.5 Å². The van der Waals surface area contributed by atoms with Crippen LogP contribution in [-0.4, -0.2) is 13.2 Å². The SMILES string of the molecule is C[Si](C)(C)c1cccc(P)c1O. The van der Waals surface area contributed by atoms with Gasteiger partial charge in [0.05, 0.1) is 8.07 Å². The zero-order chi connectivity index (χ0) is 9.35. The molecule has 1 nitrogen and oxygen atoms in total. The summed E-state index contributed by atoms with van der Waals surface area (Å²) >= 11 is 0. The second-order valence-electron chi connectivity index (χ2n) is 3.99. The van der Waals surface area contributed by atoms with E-state index in [0.29, 0.717) is 5.75 Å². The van der Waals surface area contributed by atoms with Crippen molar-refractivity contribution in [2.45, 2.75) is 19.6 Å². The minimum Gasteiger partial charge on any atom is -0.507 e. The molecule has 12 heavy (non-hydrogen) atoms. The molecular formula is C9H15OPSi. The summed E-state index contributed by atoms with van der Waals surface area (Å²) in [4.78, 5) is 0. The van der Waals surface area contributed by atoms with E-state index in [-0.39, 0.29) is 0 Å². The van der Waals surface area contributed by atoms with Crippen molar-refractivity contribution in [3.8, 4) is 5.75 Å². The first-order valence-corrected chi connectivity index (χ1v) is 8.08. The lowest BCUT2D eigenvalue weighted by molar-refractivity contribution is 0.483. The Kier molecular flexibility index (Phi) is 2.60. The smallest absolute Gasteiger partial charge is 0.121 e. The fourth-order valence-electron chi connectivity index (χ4n) is 1.17. The lowest BCUT2D eigenvalue weighted by atomic mass is 10.3. The summed E-state index contributed by atoms with van der Waals surface area (Å²) in [5.41, 5.74) is 0. The largest absolute Gasteiger partial charge is 0.507 e. The van der Waals surface area contributed by atoms with Crippen molar-refractivity contribution in [2.24, 2.45) is 0 Å². The van der Waals surface area contributed by atoms with Gasteiger partial charge >= 0.3 is 0 Å². The Morgan fingerprint density at radius 2 is 1.83 bits per heavy atom. The summed E-state index contributed by atoms with van der Waals surface area (Å²) in [5.74, 6) is 0.460. The van der Waals surface area contributed by atoms with E-state index in [4.69, 9.17) is 0 Å². The summed E-state index contributed by atoms with van der Waals surface area (Å²) in [7, 11) is 1.18. The fraction of sp³-hybridized carbons (Fsp3) is 0.333. The molecule has 0 aliphatic rings. The normalized spacial score (nSPS) is 11.7. The standard InChI is InChI=1S/C9H15OPSi/c1-12(2,3)8-6-4-5-7(11)9(8)10/h4-6,10H,11H2,1-3H3. The quantitative estimate of drug-likeness (QED) is 0.535. The average molecular weight is 198 g/mol. The molecule has 0 spiro atoms. The highest BCUT2D eigenvalue weighted by Gasteiger charge is 2.20. The minimum absolute atomic E-state index is 0.460. The Balaban J connectivity index is 3.26. The van der Waals surface area contributed by atoms with Gasteiger partial charge in [0.15, 0.2) is 0 Å². The first-order chi connectivity index (χ1) is 5.43. The summed E-state index contributed by atoms with van der Waals surface area (Å²) in [5, 5.41) is 11.8. The van der Waals surface area contributed by atoms with Crippen molar-refractivity contribution >= 4 is 27.8 Å². The molecule has 0 heterocycles. The Bertz CT molecular complexity index is 291. The molecule has 0 bridgehead atoms. The van der Waals surface area contributed by atoms with Crippen molar-refractivity contribution in [2.75, 3.05) is 0 Å². The monoisotopic (exact) mass is 198 g/mol. The van der Waals surface area contributed by atoms with Crippen molar-refractivity contribution in [1.29, 1.82) is 0 Å². The van der Waals surface area contributed by atoms with Crippen LogP contribution in [0.5, 0.6) is 5.75 Å². The third-order valence-corrected chi connectivity index (χ3v) is 4.36. The van der Waals surface area contributed by atoms with Gasteiger partial charge in [0.1, 0.15) is 5.75 Å². The molecule has 1 rings (SSSR count). The van der Waals surface area contributed by atoms with E-state index in [1.54, 1.807) is 0 Å². The Hall–Kier alpha value is -0.333. The van der Waals surface area contributed by atoms with Crippen molar-refractivity contribution in [3.63, 3.8) is 0 Å². The van der Waals surface area contributed by atoms with Gasteiger partial charge in [0.2, 0.25) is 0 Å². The van der Waals surface area contributed by atoms with Crippen LogP contribution in [0.2, 0.25) is 19.6 Å². The molecule has 1 aromatic carbocycles. The third-order valence-electron chi connectivity index (χ3n) is 1.88. The van der Waals surface area contributed by atoms with Gasteiger partial charge in [-0.1, -0.05) is 37.8 Å². The molecule has 1 unspecified atom stereocenters. The van der Waals surface area contributed by atoms with E-state index in [1.165, 1.54) is 0 Å². The van der Waals surface area contributed by atoms with Gasteiger partial charge < -0.3 is 5.11 Å². The maximum Gasteiger partial charge on any atom is 0.121 e. The molecule has 0 aliphatic carbocycles. The average Bonchev–Trinajstić information content (AvgIpc) is 1.92. The number of benzene rings is 1. The summed E-state index contributed by atoms with van der Waals surface area (Å²) in [6.07, 6.45) is 0.